The minimum atomic E-state index is 0.0634. The fraction of sp³-hybridized carbons (Fsp3) is 0.500. The Morgan fingerprint density at radius 2 is 2.47 bits per heavy atom. The molecule has 1 aliphatic heterocycles. The van der Waals surface area contributed by atoms with E-state index in [0.717, 1.165) is 25.9 Å². The summed E-state index contributed by atoms with van der Waals surface area (Å²) in [4.78, 5) is 12.8. The number of halogens is 1. The number of carbonyl (C=O) groups is 1. The summed E-state index contributed by atoms with van der Waals surface area (Å²) >= 11 is 4.10. The van der Waals surface area contributed by atoms with E-state index in [1.807, 2.05) is 0 Å². The van der Waals surface area contributed by atoms with Crippen LogP contribution in [0.15, 0.2) is 12.1 Å². The summed E-state index contributed by atoms with van der Waals surface area (Å²) in [6.07, 6.45) is 1.91. The van der Waals surface area contributed by atoms with Gasteiger partial charge in [-0.25, -0.2) is 0 Å². The van der Waals surface area contributed by atoms with Gasteiger partial charge < -0.3 is 10.6 Å². The highest BCUT2D eigenvalue weighted by Gasteiger charge is 2.23. The van der Waals surface area contributed by atoms with Crippen molar-refractivity contribution in [2.24, 2.45) is 0 Å². The maximum atomic E-state index is 11.4. The third-order valence-corrected chi connectivity index (χ3v) is 4.39. The number of nitrogens with one attached hydrogen (secondary N) is 2. The molecule has 1 saturated heterocycles. The lowest BCUT2D eigenvalue weighted by molar-refractivity contribution is -0.124. The normalized spacial score (nSPS) is 19.7. The molecule has 2 N–H and O–H groups in total. The molecule has 0 saturated carbocycles. The zero-order valence-electron chi connectivity index (χ0n) is 8.25. The number of hydrogen-bond acceptors (Lipinski definition) is 3. The molecule has 0 spiro atoms. The van der Waals surface area contributed by atoms with Crippen molar-refractivity contribution >= 4 is 39.8 Å². The van der Waals surface area contributed by atoms with Gasteiger partial charge in [-0.3, -0.25) is 4.79 Å². The molecular formula is C10H13IN2OS. The Morgan fingerprint density at radius 3 is 3.00 bits per heavy atom. The number of hydrogen-bond donors (Lipinski definition) is 2. The van der Waals surface area contributed by atoms with Crippen molar-refractivity contribution in [1.82, 2.24) is 10.6 Å². The summed E-state index contributed by atoms with van der Waals surface area (Å²) in [7, 11) is 0. The Balaban J connectivity index is 1.68. The van der Waals surface area contributed by atoms with Crippen molar-refractivity contribution in [1.29, 1.82) is 0 Å². The van der Waals surface area contributed by atoms with Gasteiger partial charge in [-0.15, -0.1) is 11.3 Å². The molecule has 5 heteroatoms. The van der Waals surface area contributed by atoms with E-state index in [-0.39, 0.29) is 11.9 Å². The van der Waals surface area contributed by atoms with Gasteiger partial charge in [0.15, 0.2) is 0 Å². The Morgan fingerprint density at radius 1 is 1.67 bits per heavy atom. The lowest BCUT2D eigenvalue weighted by atomic mass is 10.1. The van der Waals surface area contributed by atoms with Crippen molar-refractivity contribution in [3.05, 3.63) is 19.9 Å². The van der Waals surface area contributed by atoms with Crippen molar-refractivity contribution in [2.75, 3.05) is 13.1 Å². The molecule has 1 aromatic heterocycles. The van der Waals surface area contributed by atoms with Gasteiger partial charge >= 0.3 is 0 Å². The van der Waals surface area contributed by atoms with E-state index in [0.29, 0.717) is 0 Å². The van der Waals surface area contributed by atoms with E-state index < -0.39 is 0 Å². The highest BCUT2D eigenvalue weighted by atomic mass is 127. The third-order valence-electron chi connectivity index (χ3n) is 2.44. The van der Waals surface area contributed by atoms with Gasteiger partial charge in [0, 0.05) is 11.4 Å². The lowest BCUT2D eigenvalue weighted by Gasteiger charge is -2.26. The minimum Gasteiger partial charge on any atom is -0.354 e. The quantitative estimate of drug-likeness (QED) is 0.816. The molecule has 0 aromatic carbocycles. The van der Waals surface area contributed by atoms with Crippen molar-refractivity contribution < 1.29 is 4.79 Å². The van der Waals surface area contributed by atoms with Crippen LogP contribution in [0.1, 0.15) is 11.3 Å². The number of amides is 1. The van der Waals surface area contributed by atoms with E-state index >= 15 is 0 Å². The molecule has 2 rings (SSSR count). The predicted molar refractivity (Wildman–Crippen MR) is 70.2 cm³/mol. The highest BCUT2D eigenvalue weighted by molar-refractivity contribution is 14.1. The van der Waals surface area contributed by atoms with E-state index in [1.165, 1.54) is 7.76 Å². The Hall–Kier alpha value is -0.140. The first-order chi connectivity index (χ1) is 7.25. The highest BCUT2D eigenvalue weighted by Crippen LogP contribution is 2.18. The summed E-state index contributed by atoms with van der Waals surface area (Å²) in [6, 6.07) is 4.30. The molecule has 1 aliphatic rings. The van der Waals surface area contributed by atoms with E-state index in [2.05, 4.69) is 45.4 Å². The molecule has 1 atom stereocenters. The smallest absolute Gasteiger partial charge is 0.237 e. The monoisotopic (exact) mass is 336 g/mol. The molecule has 3 nitrogen and oxygen atoms in total. The molecule has 0 radical (unpaired) electrons. The first kappa shape index (κ1) is 11.3. The van der Waals surface area contributed by atoms with Gasteiger partial charge in [-0.05, 0) is 54.1 Å². The second kappa shape index (κ2) is 5.27. The first-order valence-electron chi connectivity index (χ1n) is 5.01. The van der Waals surface area contributed by atoms with E-state index in [4.69, 9.17) is 0 Å². The van der Waals surface area contributed by atoms with Gasteiger partial charge in [-0.1, -0.05) is 0 Å². The Bertz CT molecular complexity index is 349. The van der Waals surface area contributed by atoms with Gasteiger partial charge in [0.2, 0.25) is 5.91 Å². The summed E-state index contributed by atoms with van der Waals surface area (Å²) in [5, 5.41) is 6.03. The second-order valence-corrected chi connectivity index (χ2v) is 6.60. The maximum absolute atomic E-state index is 11.4. The predicted octanol–water partition coefficient (Wildman–Crippen LogP) is 1.37. The third kappa shape index (κ3) is 3.15. The van der Waals surface area contributed by atoms with Crippen LogP contribution >= 0.6 is 33.9 Å². The second-order valence-electron chi connectivity index (χ2n) is 3.54. The standard InChI is InChI=1S/C10H13IN2OS/c11-9-2-1-7(15-9)3-5-13-10(14)8-4-6-12-8/h1-2,8,12H,3-6H2,(H,13,14)/t8-/m1/s1. The molecule has 0 aliphatic carbocycles. The molecular weight excluding hydrogens is 323 g/mol. The van der Waals surface area contributed by atoms with Crippen LogP contribution in [0, 0.1) is 2.88 Å². The molecule has 1 amide bonds. The van der Waals surface area contributed by atoms with Gasteiger partial charge in [0.25, 0.3) is 0 Å². The van der Waals surface area contributed by atoms with Gasteiger partial charge in [0.1, 0.15) is 0 Å². The topological polar surface area (TPSA) is 41.1 Å². The van der Waals surface area contributed by atoms with Crippen LogP contribution in [0.3, 0.4) is 0 Å². The van der Waals surface area contributed by atoms with Crippen molar-refractivity contribution in [3.63, 3.8) is 0 Å². The largest absolute Gasteiger partial charge is 0.354 e. The fourth-order valence-corrected chi connectivity index (χ4v) is 3.19. The number of thiophene rings is 1. The summed E-state index contributed by atoms with van der Waals surface area (Å²) in [6.45, 7) is 1.72. The van der Waals surface area contributed by atoms with Crippen LogP contribution < -0.4 is 10.6 Å². The molecule has 2 heterocycles. The molecule has 82 valence electrons. The van der Waals surface area contributed by atoms with Crippen LogP contribution in [-0.4, -0.2) is 25.0 Å². The van der Waals surface area contributed by atoms with Crippen LogP contribution in [0.2, 0.25) is 0 Å². The van der Waals surface area contributed by atoms with Crippen LogP contribution in [0.4, 0.5) is 0 Å². The van der Waals surface area contributed by atoms with E-state index in [1.54, 1.807) is 11.3 Å². The molecule has 0 unspecified atom stereocenters. The number of rotatable bonds is 4. The minimum absolute atomic E-state index is 0.0634. The first-order valence-corrected chi connectivity index (χ1v) is 6.90. The lowest BCUT2D eigenvalue weighted by Crippen LogP contribution is -2.53. The molecule has 1 fully saturated rings. The maximum Gasteiger partial charge on any atom is 0.237 e. The van der Waals surface area contributed by atoms with Crippen LogP contribution in [0.25, 0.3) is 0 Å². The average molecular weight is 336 g/mol. The van der Waals surface area contributed by atoms with Crippen LogP contribution in [0.5, 0.6) is 0 Å². The number of carbonyl (C=O) groups excluding carboxylic acids is 1. The molecule has 0 bridgehead atoms. The van der Waals surface area contributed by atoms with Crippen molar-refractivity contribution in [2.45, 2.75) is 18.9 Å². The molecule has 15 heavy (non-hydrogen) atoms. The fourth-order valence-electron chi connectivity index (χ4n) is 1.43. The van der Waals surface area contributed by atoms with Gasteiger partial charge in [-0.2, -0.15) is 0 Å². The summed E-state index contributed by atoms with van der Waals surface area (Å²) in [5.74, 6) is 0.146. The zero-order valence-corrected chi connectivity index (χ0v) is 11.2. The van der Waals surface area contributed by atoms with E-state index in [9.17, 15) is 4.79 Å². The Kier molecular flexibility index (Phi) is 3.99. The summed E-state index contributed by atoms with van der Waals surface area (Å²) < 4.78 is 1.30. The Labute approximate surface area is 107 Å². The van der Waals surface area contributed by atoms with Gasteiger partial charge in [0.05, 0.1) is 8.93 Å². The van der Waals surface area contributed by atoms with Crippen LogP contribution in [-0.2, 0) is 11.2 Å². The average Bonchev–Trinajstić information content (AvgIpc) is 2.48. The summed E-state index contributed by atoms with van der Waals surface area (Å²) in [5.41, 5.74) is 0. The molecule has 1 aromatic rings. The SMILES string of the molecule is O=C(NCCc1ccc(I)s1)[C@H]1CCN1. The zero-order chi connectivity index (χ0) is 10.7. The van der Waals surface area contributed by atoms with Crippen molar-refractivity contribution in [3.8, 4) is 0 Å².